The standard InChI is InChI=1S/C18H12BrF2N3O/c19-15-7-10(1-6-16(15)21)13-8-17(25)23-18-14(13)9-22-24(18)12-4-2-11(20)3-5-12/h1-7,9,13H,8H2,(H,23,25)/t13-/m1/s1. The van der Waals surface area contributed by atoms with Crippen molar-refractivity contribution in [3.63, 3.8) is 0 Å². The van der Waals surface area contributed by atoms with Gasteiger partial charge in [0, 0.05) is 17.9 Å². The van der Waals surface area contributed by atoms with Gasteiger partial charge in [-0.25, -0.2) is 13.5 Å². The van der Waals surface area contributed by atoms with Gasteiger partial charge in [0.2, 0.25) is 5.91 Å². The van der Waals surface area contributed by atoms with Gasteiger partial charge >= 0.3 is 0 Å². The molecular formula is C18H12BrF2N3O. The van der Waals surface area contributed by atoms with Crippen molar-refractivity contribution in [3.05, 3.63) is 75.9 Å². The summed E-state index contributed by atoms with van der Waals surface area (Å²) in [7, 11) is 0. The third kappa shape index (κ3) is 2.84. The van der Waals surface area contributed by atoms with Crippen LogP contribution in [-0.4, -0.2) is 15.7 Å². The molecular weight excluding hydrogens is 392 g/mol. The van der Waals surface area contributed by atoms with Crippen LogP contribution in [0.15, 0.2) is 53.1 Å². The summed E-state index contributed by atoms with van der Waals surface area (Å²) >= 11 is 3.18. The lowest BCUT2D eigenvalue weighted by atomic mass is 9.87. The van der Waals surface area contributed by atoms with E-state index in [4.69, 9.17) is 0 Å². The van der Waals surface area contributed by atoms with Crippen LogP contribution in [0.3, 0.4) is 0 Å². The maximum Gasteiger partial charge on any atom is 0.226 e. The van der Waals surface area contributed by atoms with Crippen molar-refractivity contribution < 1.29 is 13.6 Å². The Labute approximate surface area is 150 Å². The molecule has 1 aliphatic rings. The number of nitrogens with zero attached hydrogens (tertiary/aromatic N) is 2. The average Bonchev–Trinajstić information content (AvgIpc) is 3.01. The number of hydrogen-bond acceptors (Lipinski definition) is 2. The zero-order valence-corrected chi connectivity index (χ0v) is 14.4. The number of aromatic nitrogens is 2. The van der Waals surface area contributed by atoms with E-state index in [1.54, 1.807) is 35.1 Å². The lowest BCUT2D eigenvalue weighted by Gasteiger charge is -2.24. The third-order valence-electron chi connectivity index (χ3n) is 4.24. The molecule has 0 unspecified atom stereocenters. The summed E-state index contributed by atoms with van der Waals surface area (Å²) in [6.07, 6.45) is 1.93. The first kappa shape index (κ1) is 16.0. The second kappa shape index (κ2) is 6.07. The van der Waals surface area contributed by atoms with E-state index < -0.39 is 0 Å². The van der Waals surface area contributed by atoms with E-state index in [2.05, 4.69) is 26.3 Å². The van der Waals surface area contributed by atoms with Crippen LogP contribution in [0.2, 0.25) is 0 Å². The summed E-state index contributed by atoms with van der Waals surface area (Å²) in [5.41, 5.74) is 2.30. The molecule has 0 radical (unpaired) electrons. The van der Waals surface area contributed by atoms with Crippen LogP contribution < -0.4 is 5.32 Å². The molecule has 1 amide bonds. The molecule has 4 nitrogen and oxygen atoms in total. The summed E-state index contributed by atoms with van der Waals surface area (Å²) in [5, 5.41) is 7.17. The lowest BCUT2D eigenvalue weighted by molar-refractivity contribution is -0.116. The van der Waals surface area contributed by atoms with Crippen LogP contribution in [0.25, 0.3) is 5.69 Å². The second-order valence-electron chi connectivity index (χ2n) is 5.82. The van der Waals surface area contributed by atoms with E-state index in [0.29, 0.717) is 16.0 Å². The minimum absolute atomic E-state index is 0.151. The highest BCUT2D eigenvalue weighted by Crippen LogP contribution is 2.38. The largest absolute Gasteiger partial charge is 0.310 e. The number of halogens is 3. The molecule has 0 saturated heterocycles. The molecule has 3 aromatic rings. The first-order valence-corrected chi connectivity index (χ1v) is 8.41. The van der Waals surface area contributed by atoms with Crippen LogP contribution in [0, 0.1) is 11.6 Å². The van der Waals surface area contributed by atoms with Crippen molar-refractivity contribution in [1.82, 2.24) is 9.78 Å². The van der Waals surface area contributed by atoms with Gasteiger partial charge in [0.05, 0.1) is 16.4 Å². The molecule has 1 atom stereocenters. The van der Waals surface area contributed by atoms with Gasteiger partial charge in [0.15, 0.2) is 0 Å². The fourth-order valence-corrected chi connectivity index (χ4v) is 3.42. The first-order chi connectivity index (χ1) is 12.0. The molecule has 25 heavy (non-hydrogen) atoms. The fraction of sp³-hybridized carbons (Fsp3) is 0.111. The van der Waals surface area contributed by atoms with Crippen molar-refractivity contribution >= 4 is 27.7 Å². The van der Waals surface area contributed by atoms with E-state index in [1.807, 2.05) is 0 Å². The van der Waals surface area contributed by atoms with Crippen molar-refractivity contribution in [2.45, 2.75) is 12.3 Å². The Morgan fingerprint density at radius 3 is 2.64 bits per heavy atom. The van der Waals surface area contributed by atoms with Crippen LogP contribution in [-0.2, 0) is 4.79 Å². The highest BCUT2D eigenvalue weighted by atomic mass is 79.9. The summed E-state index contributed by atoms with van der Waals surface area (Å²) in [6, 6.07) is 10.6. The van der Waals surface area contributed by atoms with Gasteiger partial charge in [0.1, 0.15) is 17.5 Å². The van der Waals surface area contributed by atoms with E-state index in [1.165, 1.54) is 18.2 Å². The quantitative estimate of drug-likeness (QED) is 0.689. The molecule has 0 aliphatic carbocycles. The van der Waals surface area contributed by atoms with Crippen molar-refractivity contribution in [2.24, 2.45) is 0 Å². The normalized spacial score (nSPS) is 16.4. The maximum atomic E-state index is 13.5. The summed E-state index contributed by atoms with van der Waals surface area (Å²) < 4.78 is 28.6. The van der Waals surface area contributed by atoms with Gasteiger partial charge in [0.25, 0.3) is 0 Å². The van der Waals surface area contributed by atoms with Crippen molar-refractivity contribution in [1.29, 1.82) is 0 Å². The maximum absolute atomic E-state index is 13.5. The van der Waals surface area contributed by atoms with Crippen LogP contribution >= 0.6 is 15.9 Å². The molecule has 1 N–H and O–H groups in total. The number of carbonyl (C=O) groups excluding carboxylic acids is 1. The lowest BCUT2D eigenvalue weighted by Crippen LogP contribution is -2.24. The van der Waals surface area contributed by atoms with E-state index >= 15 is 0 Å². The molecule has 0 saturated carbocycles. The van der Waals surface area contributed by atoms with Crippen molar-refractivity contribution in [3.8, 4) is 5.69 Å². The summed E-state index contributed by atoms with van der Waals surface area (Å²) in [5.74, 6) is -0.529. The number of nitrogens with one attached hydrogen (secondary N) is 1. The van der Waals surface area contributed by atoms with Gasteiger partial charge in [-0.15, -0.1) is 0 Å². The van der Waals surface area contributed by atoms with Crippen LogP contribution in [0.1, 0.15) is 23.5 Å². The molecule has 4 rings (SSSR count). The summed E-state index contributed by atoms with van der Waals surface area (Å²) in [6.45, 7) is 0. The Kier molecular flexibility index (Phi) is 3.88. The highest BCUT2D eigenvalue weighted by molar-refractivity contribution is 9.10. The Balaban J connectivity index is 1.81. The van der Waals surface area contributed by atoms with Crippen LogP contribution in [0.5, 0.6) is 0 Å². The molecule has 1 aliphatic heterocycles. The molecule has 2 heterocycles. The predicted molar refractivity (Wildman–Crippen MR) is 92.7 cm³/mol. The number of rotatable bonds is 2. The number of carbonyl (C=O) groups is 1. The van der Waals surface area contributed by atoms with Gasteiger partial charge < -0.3 is 5.32 Å². The van der Waals surface area contributed by atoms with Gasteiger partial charge in [-0.3, -0.25) is 4.79 Å². The molecule has 2 aromatic carbocycles. The van der Waals surface area contributed by atoms with E-state index in [-0.39, 0.29) is 29.9 Å². The second-order valence-corrected chi connectivity index (χ2v) is 6.67. The molecule has 7 heteroatoms. The first-order valence-electron chi connectivity index (χ1n) is 7.61. The monoisotopic (exact) mass is 403 g/mol. The minimum Gasteiger partial charge on any atom is -0.310 e. The van der Waals surface area contributed by atoms with Crippen molar-refractivity contribution in [2.75, 3.05) is 5.32 Å². The number of fused-ring (bicyclic) bond motifs is 1. The minimum atomic E-state index is -0.355. The Morgan fingerprint density at radius 1 is 1.16 bits per heavy atom. The van der Waals surface area contributed by atoms with Crippen LogP contribution in [0.4, 0.5) is 14.6 Å². The Hall–Kier alpha value is -2.54. The fourth-order valence-electron chi connectivity index (χ4n) is 3.02. The number of hydrogen-bond donors (Lipinski definition) is 1. The Morgan fingerprint density at radius 2 is 1.92 bits per heavy atom. The number of amides is 1. The zero-order valence-electron chi connectivity index (χ0n) is 12.8. The average molecular weight is 404 g/mol. The Bertz CT molecular complexity index is 969. The highest BCUT2D eigenvalue weighted by Gasteiger charge is 2.30. The molecule has 1 aromatic heterocycles. The topological polar surface area (TPSA) is 46.9 Å². The predicted octanol–water partition coefficient (Wildman–Crippen LogP) is 4.39. The molecule has 0 bridgehead atoms. The smallest absolute Gasteiger partial charge is 0.226 e. The van der Waals surface area contributed by atoms with Gasteiger partial charge in [-0.1, -0.05) is 6.07 Å². The van der Waals surface area contributed by atoms with Gasteiger partial charge in [-0.05, 0) is 57.9 Å². The molecule has 0 fully saturated rings. The molecule has 126 valence electrons. The van der Waals surface area contributed by atoms with Gasteiger partial charge in [-0.2, -0.15) is 5.10 Å². The summed E-state index contributed by atoms with van der Waals surface area (Å²) in [4.78, 5) is 12.2. The number of anilines is 1. The zero-order chi connectivity index (χ0) is 17.6. The van der Waals surface area contributed by atoms with E-state index in [9.17, 15) is 13.6 Å². The third-order valence-corrected chi connectivity index (χ3v) is 4.85. The number of benzene rings is 2. The SMILES string of the molecule is O=C1C[C@H](c2ccc(F)c(Br)c2)c2cnn(-c3ccc(F)cc3)c2N1. The van der Waals surface area contributed by atoms with E-state index in [0.717, 1.165) is 11.1 Å². The molecule has 0 spiro atoms.